The molecule has 2 rings (SSSR count). The number of ketones is 1. The third kappa shape index (κ3) is 2.18. The van der Waals surface area contributed by atoms with Gasteiger partial charge >= 0.3 is 0 Å². The number of rotatable bonds is 4. The largest absolute Gasteiger partial charge is 0.294 e. The summed E-state index contributed by atoms with van der Waals surface area (Å²) in [5, 5.41) is 4.16. The predicted octanol–water partition coefficient (Wildman–Crippen LogP) is 2.91. The van der Waals surface area contributed by atoms with Crippen molar-refractivity contribution in [1.82, 2.24) is 9.78 Å². The third-order valence-corrected chi connectivity index (χ3v) is 3.73. The van der Waals surface area contributed by atoms with Gasteiger partial charge < -0.3 is 0 Å². The minimum Gasteiger partial charge on any atom is -0.294 e. The zero-order chi connectivity index (χ0) is 11.5. The zero-order valence-electron chi connectivity index (χ0n) is 10.1. The lowest BCUT2D eigenvalue weighted by Crippen LogP contribution is -2.11. The van der Waals surface area contributed by atoms with Crippen LogP contribution in [0.4, 0.5) is 0 Å². The van der Waals surface area contributed by atoms with Crippen molar-refractivity contribution in [2.45, 2.75) is 46.1 Å². The van der Waals surface area contributed by atoms with Gasteiger partial charge in [0.15, 0.2) is 5.78 Å². The summed E-state index contributed by atoms with van der Waals surface area (Å²) in [7, 11) is 0. The highest BCUT2D eigenvalue weighted by atomic mass is 16.1. The lowest BCUT2D eigenvalue weighted by Gasteiger charge is -2.07. The summed E-state index contributed by atoms with van der Waals surface area (Å²) in [4.78, 5) is 12.2. The highest BCUT2D eigenvalue weighted by Crippen LogP contribution is 2.34. The Labute approximate surface area is 96.8 Å². The van der Waals surface area contributed by atoms with Crippen LogP contribution in [-0.2, 0) is 6.54 Å². The summed E-state index contributed by atoms with van der Waals surface area (Å²) in [6, 6.07) is 0. The Morgan fingerprint density at radius 1 is 1.50 bits per heavy atom. The normalized spacial score (nSPS) is 24.9. The monoisotopic (exact) mass is 220 g/mol. The Morgan fingerprint density at radius 2 is 2.31 bits per heavy atom. The fraction of sp³-hybridized carbons (Fsp3) is 0.692. The molecule has 2 unspecified atom stereocenters. The molecule has 1 aromatic heterocycles. The number of hydrogen-bond donors (Lipinski definition) is 0. The number of Topliss-reactive ketones (excluding diaryl/α,β-unsaturated/α-hetero) is 1. The van der Waals surface area contributed by atoms with E-state index < -0.39 is 0 Å². The highest BCUT2D eigenvalue weighted by Gasteiger charge is 2.29. The van der Waals surface area contributed by atoms with Crippen molar-refractivity contribution < 1.29 is 4.79 Å². The molecule has 0 N–H and O–H groups in total. The average molecular weight is 220 g/mol. The van der Waals surface area contributed by atoms with Crippen LogP contribution in [0.5, 0.6) is 0 Å². The van der Waals surface area contributed by atoms with E-state index in [0.717, 1.165) is 30.9 Å². The van der Waals surface area contributed by atoms with Crippen LogP contribution >= 0.6 is 0 Å². The van der Waals surface area contributed by atoms with Gasteiger partial charge in [0.25, 0.3) is 0 Å². The number of nitrogens with zero attached hydrogens (tertiary/aromatic N) is 2. The van der Waals surface area contributed by atoms with Gasteiger partial charge in [-0.3, -0.25) is 9.48 Å². The van der Waals surface area contributed by atoms with Gasteiger partial charge in [0.1, 0.15) is 0 Å². The lowest BCUT2D eigenvalue weighted by molar-refractivity contribution is 0.0920. The van der Waals surface area contributed by atoms with Crippen molar-refractivity contribution in [2.24, 2.45) is 11.8 Å². The maximum Gasteiger partial charge on any atom is 0.169 e. The fourth-order valence-electron chi connectivity index (χ4n) is 2.58. The Hall–Kier alpha value is -1.12. The molecule has 3 nitrogen and oxygen atoms in total. The average Bonchev–Trinajstić information content (AvgIpc) is 2.97. The Balaban J connectivity index is 2.02. The van der Waals surface area contributed by atoms with Crippen molar-refractivity contribution in [3.05, 3.63) is 18.0 Å². The van der Waals surface area contributed by atoms with E-state index in [2.05, 4.69) is 12.0 Å². The third-order valence-electron chi connectivity index (χ3n) is 3.73. The van der Waals surface area contributed by atoms with Gasteiger partial charge in [-0.05, 0) is 32.1 Å². The first-order valence-electron chi connectivity index (χ1n) is 6.31. The molecule has 0 aliphatic heterocycles. The number of hydrogen-bond acceptors (Lipinski definition) is 2. The maximum atomic E-state index is 12.2. The molecule has 1 saturated carbocycles. The quantitative estimate of drug-likeness (QED) is 0.731. The molecule has 88 valence electrons. The van der Waals surface area contributed by atoms with Crippen LogP contribution in [0.15, 0.2) is 12.4 Å². The Kier molecular flexibility index (Phi) is 3.42. The molecule has 16 heavy (non-hydrogen) atoms. The van der Waals surface area contributed by atoms with E-state index in [4.69, 9.17) is 0 Å². The molecular formula is C13H20N2O. The Morgan fingerprint density at radius 3 is 2.88 bits per heavy atom. The van der Waals surface area contributed by atoms with E-state index in [-0.39, 0.29) is 5.92 Å². The first-order valence-corrected chi connectivity index (χ1v) is 6.31. The van der Waals surface area contributed by atoms with Gasteiger partial charge in [-0.2, -0.15) is 5.10 Å². The summed E-state index contributed by atoms with van der Waals surface area (Å²) in [6.45, 7) is 5.08. The van der Waals surface area contributed by atoms with E-state index in [1.54, 1.807) is 6.20 Å². The van der Waals surface area contributed by atoms with Gasteiger partial charge in [0, 0.05) is 18.7 Å². The van der Waals surface area contributed by atoms with E-state index >= 15 is 0 Å². The topological polar surface area (TPSA) is 34.9 Å². The lowest BCUT2D eigenvalue weighted by atomic mass is 9.96. The molecule has 1 aliphatic carbocycles. The first kappa shape index (κ1) is 11.4. The van der Waals surface area contributed by atoms with Crippen LogP contribution in [0.1, 0.15) is 49.9 Å². The van der Waals surface area contributed by atoms with Gasteiger partial charge in [-0.1, -0.05) is 13.3 Å². The molecule has 0 bridgehead atoms. The summed E-state index contributed by atoms with van der Waals surface area (Å²) in [6.07, 6.45) is 8.15. The second-order valence-corrected chi connectivity index (χ2v) is 4.73. The molecule has 0 radical (unpaired) electrons. The molecule has 0 spiro atoms. The molecule has 1 heterocycles. The zero-order valence-corrected chi connectivity index (χ0v) is 10.1. The maximum absolute atomic E-state index is 12.2. The molecule has 2 atom stereocenters. The smallest absolute Gasteiger partial charge is 0.169 e. The molecule has 0 aromatic carbocycles. The summed E-state index contributed by atoms with van der Waals surface area (Å²) < 4.78 is 1.82. The Bertz CT molecular complexity index is 370. The minimum atomic E-state index is 0.249. The van der Waals surface area contributed by atoms with Crippen LogP contribution in [0.3, 0.4) is 0 Å². The number of carbonyl (C=O) groups is 1. The van der Waals surface area contributed by atoms with Gasteiger partial charge in [0.05, 0.1) is 11.8 Å². The van der Waals surface area contributed by atoms with E-state index in [9.17, 15) is 4.79 Å². The molecule has 0 amide bonds. The number of aryl methyl sites for hydroxylation is 1. The second kappa shape index (κ2) is 4.81. The first-order chi connectivity index (χ1) is 7.74. The molecule has 1 aromatic rings. The molecule has 3 heteroatoms. The molecule has 1 aliphatic rings. The SMILES string of the molecule is CCC1CCC(C(=O)c2cnn(CC)c2)C1. The van der Waals surface area contributed by atoms with Crippen LogP contribution in [0.2, 0.25) is 0 Å². The molecule has 0 saturated heterocycles. The van der Waals surface area contributed by atoms with Crippen molar-refractivity contribution in [3.63, 3.8) is 0 Å². The van der Waals surface area contributed by atoms with E-state index in [1.165, 1.54) is 12.8 Å². The summed E-state index contributed by atoms with van der Waals surface area (Å²) >= 11 is 0. The highest BCUT2D eigenvalue weighted by molar-refractivity contribution is 5.97. The van der Waals surface area contributed by atoms with Gasteiger partial charge in [-0.25, -0.2) is 0 Å². The van der Waals surface area contributed by atoms with Gasteiger partial charge in [-0.15, -0.1) is 0 Å². The summed E-state index contributed by atoms with van der Waals surface area (Å²) in [5.41, 5.74) is 0.795. The van der Waals surface area contributed by atoms with Crippen molar-refractivity contribution in [2.75, 3.05) is 0 Å². The summed E-state index contributed by atoms with van der Waals surface area (Å²) in [5.74, 6) is 1.31. The van der Waals surface area contributed by atoms with E-state index in [1.807, 2.05) is 17.8 Å². The van der Waals surface area contributed by atoms with Crippen LogP contribution in [-0.4, -0.2) is 15.6 Å². The molecule has 1 fully saturated rings. The number of carbonyl (C=O) groups excluding carboxylic acids is 1. The van der Waals surface area contributed by atoms with Crippen LogP contribution < -0.4 is 0 Å². The van der Waals surface area contributed by atoms with Crippen LogP contribution in [0.25, 0.3) is 0 Å². The second-order valence-electron chi connectivity index (χ2n) is 4.73. The fourth-order valence-corrected chi connectivity index (χ4v) is 2.58. The van der Waals surface area contributed by atoms with Gasteiger partial charge in [0.2, 0.25) is 0 Å². The predicted molar refractivity (Wildman–Crippen MR) is 63.4 cm³/mol. The standard InChI is InChI=1S/C13H20N2O/c1-3-10-5-6-11(7-10)13(16)12-8-14-15(4-2)9-12/h8-11H,3-7H2,1-2H3. The van der Waals surface area contributed by atoms with E-state index in [0.29, 0.717) is 5.78 Å². The van der Waals surface area contributed by atoms with Crippen molar-refractivity contribution >= 4 is 5.78 Å². The van der Waals surface area contributed by atoms with Crippen molar-refractivity contribution in [3.8, 4) is 0 Å². The minimum absolute atomic E-state index is 0.249. The number of aromatic nitrogens is 2. The van der Waals surface area contributed by atoms with Crippen molar-refractivity contribution in [1.29, 1.82) is 0 Å². The van der Waals surface area contributed by atoms with Crippen LogP contribution in [0, 0.1) is 11.8 Å². The molecular weight excluding hydrogens is 200 g/mol.